The Morgan fingerprint density at radius 1 is 1.67 bits per heavy atom. The van der Waals surface area contributed by atoms with E-state index < -0.39 is 8.87 Å². The first-order chi connectivity index (χ1) is 4.14. The summed E-state index contributed by atoms with van der Waals surface area (Å²) in [5.74, 6) is 0.385. The zero-order valence-electron chi connectivity index (χ0n) is 5.33. The highest BCUT2D eigenvalue weighted by Gasteiger charge is 2.26. The summed E-state index contributed by atoms with van der Waals surface area (Å²) in [6.45, 7) is 2.03. The van der Waals surface area contributed by atoms with Gasteiger partial charge in [-0.3, -0.25) is 0 Å². The molecule has 0 radical (unpaired) electrons. The lowest BCUT2D eigenvalue weighted by Gasteiger charge is -1.97. The zero-order chi connectivity index (χ0) is 6.91. The Morgan fingerprint density at radius 3 is 2.56 bits per heavy atom. The van der Waals surface area contributed by atoms with Gasteiger partial charge in [-0.1, -0.05) is 6.92 Å². The normalized spacial score (nSPS) is 32.8. The van der Waals surface area contributed by atoms with Gasteiger partial charge in [-0.2, -0.15) is 0 Å². The van der Waals surface area contributed by atoms with Gasteiger partial charge >= 0.3 is 0 Å². The third-order valence-electron chi connectivity index (χ3n) is 1.43. The molecule has 0 N–H and O–H groups in total. The summed E-state index contributed by atoms with van der Waals surface area (Å²) in [7, 11) is -1.55. The second-order valence-corrected chi connectivity index (χ2v) is 6.66. The fraction of sp³-hybridized carbons (Fsp3) is 1.00. The topological polar surface area (TPSA) is 34.1 Å². The summed E-state index contributed by atoms with van der Waals surface area (Å²) in [4.78, 5) is 0. The smallest absolute Gasteiger partial charge is 0.201 e. The highest BCUT2D eigenvalue weighted by molar-refractivity contribution is 8.72. The van der Waals surface area contributed by atoms with Crippen molar-refractivity contribution in [2.45, 2.75) is 25.0 Å². The highest BCUT2D eigenvalue weighted by Crippen LogP contribution is 2.32. The summed E-state index contributed by atoms with van der Waals surface area (Å²) in [6.07, 6.45) is 1.83. The molecule has 0 saturated carbocycles. The fourth-order valence-corrected chi connectivity index (χ4v) is 4.95. The summed E-state index contributed by atoms with van der Waals surface area (Å²) in [5, 5.41) is 0.370. The summed E-state index contributed by atoms with van der Waals surface area (Å²) >= 11 is 0. The SMILES string of the molecule is CCC1CCS(=O)(=O)S1. The van der Waals surface area contributed by atoms with Gasteiger partial charge < -0.3 is 0 Å². The molecule has 1 fully saturated rings. The minimum atomic E-state index is -2.69. The first-order valence-electron chi connectivity index (χ1n) is 3.05. The second-order valence-electron chi connectivity index (χ2n) is 2.18. The largest absolute Gasteiger partial charge is 0.217 e. The molecule has 4 heteroatoms. The van der Waals surface area contributed by atoms with Crippen molar-refractivity contribution in [3.8, 4) is 0 Å². The maximum Gasteiger partial charge on any atom is 0.201 e. The molecule has 9 heavy (non-hydrogen) atoms. The second kappa shape index (κ2) is 2.50. The van der Waals surface area contributed by atoms with Crippen LogP contribution in [0.5, 0.6) is 0 Å². The Labute approximate surface area is 59.3 Å². The third-order valence-corrected chi connectivity index (χ3v) is 5.49. The molecule has 1 unspecified atom stereocenters. The van der Waals surface area contributed by atoms with Crippen LogP contribution in [0.2, 0.25) is 0 Å². The van der Waals surface area contributed by atoms with E-state index in [4.69, 9.17) is 0 Å². The summed E-state index contributed by atoms with van der Waals surface area (Å²) < 4.78 is 21.5. The molecule has 0 bridgehead atoms. The predicted molar refractivity (Wildman–Crippen MR) is 40.1 cm³/mol. The van der Waals surface area contributed by atoms with Crippen LogP contribution < -0.4 is 0 Å². The molecule has 0 aliphatic carbocycles. The minimum Gasteiger partial charge on any atom is -0.217 e. The van der Waals surface area contributed by atoms with Crippen molar-refractivity contribution in [1.82, 2.24) is 0 Å². The predicted octanol–water partition coefficient (Wildman–Crippen LogP) is 1.23. The molecule has 2 nitrogen and oxygen atoms in total. The van der Waals surface area contributed by atoms with Crippen LogP contribution in [-0.4, -0.2) is 19.4 Å². The quantitative estimate of drug-likeness (QED) is 0.549. The van der Waals surface area contributed by atoms with Crippen LogP contribution in [-0.2, 0) is 8.87 Å². The van der Waals surface area contributed by atoms with Gasteiger partial charge in [0.15, 0.2) is 0 Å². The van der Waals surface area contributed by atoms with Gasteiger partial charge in [0, 0.05) is 5.25 Å². The van der Waals surface area contributed by atoms with Crippen molar-refractivity contribution in [3.63, 3.8) is 0 Å². The molecule has 1 atom stereocenters. The van der Waals surface area contributed by atoms with E-state index in [-0.39, 0.29) is 0 Å². The van der Waals surface area contributed by atoms with Crippen molar-refractivity contribution in [2.75, 3.05) is 5.75 Å². The summed E-state index contributed by atoms with van der Waals surface area (Å²) in [6, 6.07) is 0. The molecule has 0 amide bonds. The van der Waals surface area contributed by atoms with Gasteiger partial charge in [0.25, 0.3) is 0 Å². The molecule has 0 aromatic heterocycles. The number of hydrogen-bond donors (Lipinski definition) is 0. The maximum absolute atomic E-state index is 10.8. The molecule has 0 aromatic carbocycles. The van der Waals surface area contributed by atoms with E-state index in [9.17, 15) is 8.42 Å². The summed E-state index contributed by atoms with van der Waals surface area (Å²) in [5.41, 5.74) is 0. The standard InChI is InChI=1S/C5H10O2S2/c1-2-5-3-4-9(6,7)8-5/h5H,2-4H2,1H3. The van der Waals surface area contributed by atoms with Gasteiger partial charge in [0.1, 0.15) is 0 Å². The Balaban J connectivity index is 2.58. The van der Waals surface area contributed by atoms with E-state index in [1.807, 2.05) is 6.92 Å². The third kappa shape index (κ3) is 1.86. The van der Waals surface area contributed by atoms with Crippen LogP contribution in [0.4, 0.5) is 0 Å². The lowest BCUT2D eigenvalue weighted by molar-refractivity contribution is 0.610. The Hall–Kier alpha value is 0.300. The van der Waals surface area contributed by atoms with Crippen molar-refractivity contribution in [1.29, 1.82) is 0 Å². The molecule has 1 rings (SSSR count). The first-order valence-corrected chi connectivity index (χ1v) is 6.10. The molecular formula is C5H10O2S2. The Bertz CT molecular complexity index is 183. The first kappa shape index (κ1) is 7.41. The lowest BCUT2D eigenvalue weighted by Crippen LogP contribution is -1.91. The molecule has 1 heterocycles. The molecule has 1 aliphatic rings. The number of rotatable bonds is 1. The van der Waals surface area contributed by atoms with Crippen LogP contribution in [0.3, 0.4) is 0 Å². The molecule has 0 spiro atoms. The average molecular weight is 166 g/mol. The van der Waals surface area contributed by atoms with Crippen molar-refractivity contribution in [3.05, 3.63) is 0 Å². The van der Waals surface area contributed by atoms with Crippen molar-refractivity contribution in [2.24, 2.45) is 0 Å². The van der Waals surface area contributed by atoms with E-state index in [0.717, 1.165) is 23.6 Å². The molecular weight excluding hydrogens is 156 g/mol. The van der Waals surface area contributed by atoms with Gasteiger partial charge in [-0.15, -0.1) is 0 Å². The van der Waals surface area contributed by atoms with Crippen LogP contribution >= 0.6 is 10.8 Å². The van der Waals surface area contributed by atoms with E-state index in [0.29, 0.717) is 11.0 Å². The monoisotopic (exact) mass is 166 g/mol. The van der Waals surface area contributed by atoms with Crippen LogP contribution in [0.15, 0.2) is 0 Å². The van der Waals surface area contributed by atoms with Gasteiger partial charge in [-0.05, 0) is 23.6 Å². The molecule has 0 aromatic rings. The van der Waals surface area contributed by atoms with Crippen LogP contribution in [0, 0.1) is 0 Å². The average Bonchev–Trinajstić information content (AvgIpc) is 2.10. The van der Waals surface area contributed by atoms with Crippen LogP contribution in [0.1, 0.15) is 19.8 Å². The minimum absolute atomic E-state index is 0.370. The zero-order valence-corrected chi connectivity index (χ0v) is 6.96. The Kier molecular flexibility index (Phi) is 2.06. The molecule has 1 aliphatic heterocycles. The molecule has 54 valence electrons. The van der Waals surface area contributed by atoms with Crippen LogP contribution in [0.25, 0.3) is 0 Å². The van der Waals surface area contributed by atoms with E-state index in [2.05, 4.69) is 0 Å². The highest BCUT2D eigenvalue weighted by atomic mass is 33.1. The maximum atomic E-state index is 10.8. The van der Waals surface area contributed by atoms with Gasteiger partial charge in [0.2, 0.25) is 8.87 Å². The van der Waals surface area contributed by atoms with E-state index >= 15 is 0 Å². The molecule has 1 saturated heterocycles. The van der Waals surface area contributed by atoms with Gasteiger partial charge in [0.05, 0.1) is 5.75 Å². The fourth-order valence-electron chi connectivity index (χ4n) is 0.852. The van der Waals surface area contributed by atoms with Gasteiger partial charge in [-0.25, -0.2) is 8.42 Å². The Morgan fingerprint density at radius 2 is 2.33 bits per heavy atom. The lowest BCUT2D eigenvalue weighted by atomic mass is 10.3. The van der Waals surface area contributed by atoms with Crippen molar-refractivity contribution >= 4 is 19.7 Å². The number of hydrogen-bond acceptors (Lipinski definition) is 3. The van der Waals surface area contributed by atoms with E-state index in [1.165, 1.54) is 0 Å². The van der Waals surface area contributed by atoms with E-state index in [1.54, 1.807) is 0 Å². The van der Waals surface area contributed by atoms with Crippen molar-refractivity contribution < 1.29 is 8.42 Å².